The number of amides is 1. The highest BCUT2D eigenvalue weighted by Gasteiger charge is 2.26. The van der Waals surface area contributed by atoms with Crippen molar-refractivity contribution in [2.24, 2.45) is 5.92 Å². The number of rotatable bonds is 5. The van der Waals surface area contributed by atoms with Crippen LogP contribution in [0.1, 0.15) is 23.4 Å². The van der Waals surface area contributed by atoms with E-state index in [1.165, 1.54) is 24.3 Å². The third kappa shape index (κ3) is 4.11. The lowest BCUT2D eigenvalue weighted by Crippen LogP contribution is -2.33. The predicted molar refractivity (Wildman–Crippen MR) is 94.5 cm³/mol. The van der Waals surface area contributed by atoms with Crippen molar-refractivity contribution in [2.75, 3.05) is 0 Å². The first-order chi connectivity index (χ1) is 13.2. The quantitative estimate of drug-likeness (QED) is 0.723. The van der Waals surface area contributed by atoms with Crippen molar-refractivity contribution in [2.45, 2.75) is 25.8 Å². The molecule has 2 aromatic heterocycles. The first kappa shape index (κ1) is 17.1. The number of benzene rings is 1. The van der Waals surface area contributed by atoms with Crippen LogP contribution in [0.3, 0.4) is 0 Å². The molecule has 0 bridgehead atoms. The Morgan fingerprint density at radius 2 is 2.04 bits per heavy atom. The first-order valence-electron chi connectivity index (χ1n) is 8.72. The molecule has 7 nitrogen and oxygen atoms in total. The number of pyridine rings is 1. The van der Waals surface area contributed by atoms with Crippen LogP contribution < -0.4 is 10.1 Å². The molecule has 138 valence electrons. The number of aryl methyl sites for hydroxylation is 1. The first-order valence-corrected chi connectivity index (χ1v) is 8.72. The van der Waals surface area contributed by atoms with Gasteiger partial charge in [-0.1, -0.05) is 0 Å². The van der Waals surface area contributed by atoms with Gasteiger partial charge in [-0.2, -0.15) is 15.4 Å². The van der Waals surface area contributed by atoms with Crippen molar-refractivity contribution < 1.29 is 13.9 Å². The van der Waals surface area contributed by atoms with Gasteiger partial charge in [0.05, 0.1) is 11.4 Å². The third-order valence-corrected chi connectivity index (χ3v) is 4.55. The number of nitrogens with one attached hydrogen (secondary N) is 2. The fourth-order valence-corrected chi connectivity index (χ4v) is 3.08. The zero-order chi connectivity index (χ0) is 18.6. The van der Waals surface area contributed by atoms with Gasteiger partial charge >= 0.3 is 0 Å². The van der Waals surface area contributed by atoms with E-state index in [2.05, 4.69) is 25.7 Å². The number of ether oxygens (including phenoxy) is 1. The maximum absolute atomic E-state index is 13.0. The van der Waals surface area contributed by atoms with Gasteiger partial charge in [-0.3, -0.25) is 4.79 Å². The van der Waals surface area contributed by atoms with E-state index in [0.717, 1.165) is 29.8 Å². The Balaban J connectivity index is 1.34. The van der Waals surface area contributed by atoms with Crippen molar-refractivity contribution >= 4 is 5.91 Å². The van der Waals surface area contributed by atoms with Crippen LogP contribution in [0.5, 0.6) is 11.6 Å². The molecule has 0 saturated carbocycles. The van der Waals surface area contributed by atoms with Crippen molar-refractivity contribution in [3.8, 4) is 11.6 Å². The Labute approximate surface area is 155 Å². The fraction of sp³-hybridized carbons (Fsp3) is 0.263. The van der Waals surface area contributed by atoms with Crippen LogP contribution in [0.25, 0.3) is 0 Å². The summed E-state index contributed by atoms with van der Waals surface area (Å²) in [6, 6.07) is 9.28. The second-order valence-electron chi connectivity index (χ2n) is 6.43. The summed E-state index contributed by atoms with van der Waals surface area (Å²) < 4.78 is 18.6. The van der Waals surface area contributed by atoms with Gasteiger partial charge in [0.1, 0.15) is 11.6 Å². The van der Waals surface area contributed by atoms with Gasteiger partial charge in [0.15, 0.2) is 0 Å². The van der Waals surface area contributed by atoms with Gasteiger partial charge in [-0.25, -0.2) is 9.37 Å². The second-order valence-corrected chi connectivity index (χ2v) is 6.43. The lowest BCUT2D eigenvalue weighted by Gasteiger charge is -2.19. The molecule has 0 aliphatic heterocycles. The van der Waals surface area contributed by atoms with E-state index in [-0.39, 0.29) is 17.6 Å². The average molecular weight is 367 g/mol. The zero-order valence-corrected chi connectivity index (χ0v) is 14.5. The minimum atomic E-state index is -0.327. The minimum Gasteiger partial charge on any atom is -0.439 e. The van der Waals surface area contributed by atoms with Crippen LogP contribution in [0.4, 0.5) is 4.39 Å². The number of hydrogen-bond donors (Lipinski definition) is 2. The molecule has 1 amide bonds. The number of H-pyrrole nitrogens is 1. The Hall–Kier alpha value is -3.29. The topological polar surface area (TPSA) is 92.8 Å². The summed E-state index contributed by atoms with van der Waals surface area (Å²) in [6.45, 7) is 0.378. The minimum absolute atomic E-state index is 0.00136. The van der Waals surface area contributed by atoms with Crippen LogP contribution in [-0.4, -0.2) is 26.3 Å². The summed E-state index contributed by atoms with van der Waals surface area (Å²) in [5, 5.41) is 13.8. The second kappa shape index (κ2) is 7.53. The van der Waals surface area contributed by atoms with Gasteiger partial charge in [0.25, 0.3) is 0 Å². The van der Waals surface area contributed by atoms with Gasteiger partial charge in [-0.05, 0) is 48.7 Å². The standard InChI is InChI=1S/C19H18FN5O2/c20-14-2-4-15(5-3-14)27-18-9-12(7-8-21-18)11-22-19(26)13-1-6-16-17(10-13)24-25-23-16/h2-5,7-9,13H,1,6,10-11H2,(H,22,26)(H,23,24,25). The molecule has 0 saturated heterocycles. The summed E-state index contributed by atoms with van der Waals surface area (Å²) in [4.78, 5) is 16.6. The number of nitrogens with zero attached hydrogens (tertiary/aromatic N) is 3. The smallest absolute Gasteiger partial charge is 0.223 e. The predicted octanol–water partition coefficient (Wildman–Crippen LogP) is 2.55. The normalized spacial score (nSPS) is 15.8. The van der Waals surface area contributed by atoms with E-state index >= 15 is 0 Å². The molecule has 3 aromatic rings. The molecule has 1 aliphatic rings. The van der Waals surface area contributed by atoms with Crippen molar-refractivity contribution in [3.05, 3.63) is 65.4 Å². The number of carbonyl (C=O) groups is 1. The molecule has 2 N–H and O–H groups in total. The number of fused-ring (bicyclic) bond motifs is 1. The number of halogens is 1. The molecule has 8 heteroatoms. The van der Waals surface area contributed by atoms with Gasteiger partial charge in [0, 0.05) is 31.1 Å². The summed E-state index contributed by atoms with van der Waals surface area (Å²) in [6.07, 6.45) is 3.74. The van der Waals surface area contributed by atoms with Crippen LogP contribution in [-0.2, 0) is 24.2 Å². The van der Waals surface area contributed by atoms with Crippen molar-refractivity contribution in [1.29, 1.82) is 0 Å². The number of aromatic nitrogens is 4. The number of hydrogen-bond acceptors (Lipinski definition) is 5. The van der Waals surface area contributed by atoms with Gasteiger partial charge in [0.2, 0.25) is 11.8 Å². The Bertz CT molecular complexity index is 941. The van der Waals surface area contributed by atoms with E-state index in [9.17, 15) is 9.18 Å². The van der Waals surface area contributed by atoms with Crippen LogP contribution in [0.2, 0.25) is 0 Å². The average Bonchev–Trinajstić information content (AvgIpc) is 3.16. The highest BCUT2D eigenvalue weighted by atomic mass is 19.1. The SMILES string of the molecule is O=C(NCc1ccnc(Oc2ccc(F)cc2)c1)C1CCc2n[nH]nc2C1. The summed E-state index contributed by atoms with van der Waals surface area (Å²) in [5.74, 6) is 0.460. The summed E-state index contributed by atoms with van der Waals surface area (Å²) in [5.41, 5.74) is 2.70. The van der Waals surface area contributed by atoms with E-state index in [1.54, 1.807) is 12.3 Å². The zero-order valence-electron chi connectivity index (χ0n) is 14.5. The van der Waals surface area contributed by atoms with Crippen LogP contribution >= 0.6 is 0 Å². The highest BCUT2D eigenvalue weighted by Crippen LogP contribution is 2.23. The molecule has 2 heterocycles. The van der Waals surface area contributed by atoms with Gasteiger partial charge in [-0.15, -0.1) is 0 Å². The lowest BCUT2D eigenvalue weighted by atomic mass is 9.89. The Morgan fingerprint density at radius 3 is 2.89 bits per heavy atom. The molecule has 4 rings (SSSR count). The third-order valence-electron chi connectivity index (χ3n) is 4.55. The molecule has 1 unspecified atom stereocenters. The van der Waals surface area contributed by atoms with E-state index < -0.39 is 0 Å². The monoisotopic (exact) mass is 367 g/mol. The molecular weight excluding hydrogens is 349 g/mol. The van der Waals surface area contributed by atoms with Crippen LogP contribution in [0.15, 0.2) is 42.6 Å². The number of carbonyl (C=O) groups excluding carboxylic acids is 1. The van der Waals surface area contributed by atoms with Gasteiger partial charge < -0.3 is 10.1 Å². The lowest BCUT2D eigenvalue weighted by molar-refractivity contribution is -0.125. The fourth-order valence-electron chi connectivity index (χ4n) is 3.08. The van der Waals surface area contributed by atoms with E-state index in [1.807, 2.05) is 6.07 Å². The van der Waals surface area contributed by atoms with E-state index in [0.29, 0.717) is 24.6 Å². The number of aromatic amines is 1. The molecule has 27 heavy (non-hydrogen) atoms. The largest absolute Gasteiger partial charge is 0.439 e. The summed E-state index contributed by atoms with van der Waals surface area (Å²) in [7, 11) is 0. The summed E-state index contributed by atoms with van der Waals surface area (Å²) >= 11 is 0. The highest BCUT2D eigenvalue weighted by molar-refractivity contribution is 5.79. The van der Waals surface area contributed by atoms with E-state index in [4.69, 9.17) is 4.74 Å². The molecule has 0 fully saturated rings. The Kier molecular flexibility index (Phi) is 4.78. The maximum atomic E-state index is 13.0. The van der Waals surface area contributed by atoms with Crippen LogP contribution in [0, 0.1) is 11.7 Å². The maximum Gasteiger partial charge on any atom is 0.223 e. The molecule has 0 radical (unpaired) electrons. The molecule has 1 aromatic carbocycles. The Morgan fingerprint density at radius 1 is 1.22 bits per heavy atom. The molecule has 1 atom stereocenters. The van der Waals surface area contributed by atoms with Crippen molar-refractivity contribution in [3.63, 3.8) is 0 Å². The molecule has 1 aliphatic carbocycles. The molecule has 0 spiro atoms. The molecular formula is C19H18FN5O2. The van der Waals surface area contributed by atoms with Crippen molar-refractivity contribution in [1.82, 2.24) is 25.7 Å².